The maximum absolute atomic E-state index is 12.7. The fourth-order valence-corrected chi connectivity index (χ4v) is 4.71. The van der Waals surface area contributed by atoms with Gasteiger partial charge >= 0.3 is 6.09 Å². The third-order valence-electron chi connectivity index (χ3n) is 6.86. The number of carbonyl (C=O) groups is 1. The van der Waals surface area contributed by atoms with Crippen LogP contribution in [0.5, 0.6) is 11.5 Å². The SMILES string of the molecule is CCCCCCCNC(=O)Oc1cccc(CN(C)CCCCOc2ccc3c(=O)c4ccccc4oc3c2)c1. The summed E-state index contributed by atoms with van der Waals surface area (Å²) in [7, 11) is 2.08. The van der Waals surface area contributed by atoms with E-state index in [2.05, 4.69) is 24.2 Å². The molecule has 1 N–H and O–H groups in total. The zero-order valence-electron chi connectivity index (χ0n) is 23.6. The van der Waals surface area contributed by atoms with Crippen LogP contribution < -0.4 is 20.2 Å². The minimum atomic E-state index is -0.400. The van der Waals surface area contributed by atoms with E-state index in [1.807, 2.05) is 42.5 Å². The number of fused-ring (bicyclic) bond motifs is 2. The topological polar surface area (TPSA) is 81.0 Å². The first-order valence-electron chi connectivity index (χ1n) is 14.3. The smallest absolute Gasteiger partial charge is 0.412 e. The Morgan fingerprint density at radius 1 is 0.850 bits per heavy atom. The van der Waals surface area contributed by atoms with Crippen molar-refractivity contribution in [3.63, 3.8) is 0 Å². The highest BCUT2D eigenvalue weighted by atomic mass is 16.6. The average Bonchev–Trinajstić information content (AvgIpc) is 2.95. The van der Waals surface area contributed by atoms with Crippen LogP contribution in [-0.2, 0) is 6.54 Å². The van der Waals surface area contributed by atoms with E-state index in [-0.39, 0.29) is 5.43 Å². The molecule has 0 fully saturated rings. The predicted octanol–water partition coefficient (Wildman–Crippen LogP) is 7.30. The third-order valence-corrected chi connectivity index (χ3v) is 6.86. The van der Waals surface area contributed by atoms with Crippen LogP contribution in [-0.4, -0.2) is 37.7 Å². The molecule has 212 valence electrons. The summed E-state index contributed by atoms with van der Waals surface area (Å²) in [5, 5.41) is 3.98. The molecule has 0 unspecified atom stereocenters. The summed E-state index contributed by atoms with van der Waals surface area (Å²) in [6, 6.07) is 20.3. The number of hydrogen-bond acceptors (Lipinski definition) is 6. The van der Waals surface area contributed by atoms with Gasteiger partial charge in [0.2, 0.25) is 5.43 Å². The molecule has 3 aromatic carbocycles. The van der Waals surface area contributed by atoms with Gasteiger partial charge in [-0.25, -0.2) is 4.79 Å². The molecule has 0 aliphatic heterocycles. The standard InChI is InChI=1S/C33H40N2O5/c1-3-4-5-6-9-19-34-33(37)39-27-14-12-13-25(22-27)24-35(2)20-10-11-21-38-26-17-18-29-31(23-26)40-30-16-8-7-15-28(30)32(29)36/h7-8,12-18,22-23H,3-6,9-11,19-21,24H2,1-2H3,(H,34,37). The van der Waals surface area contributed by atoms with E-state index in [1.54, 1.807) is 24.3 Å². The number of nitrogens with zero attached hydrogens (tertiary/aromatic N) is 1. The summed E-state index contributed by atoms with van der Waals surface area (Å²) in [6.07, 6.45) is 7.23. The van der Waals surface area contributed by atoms with Crippen molar-refractivity contribution in [3.05, 3.63) is 82.5 Å². The molecule has 0 radical (unpaired) electrons. The lowest BCUT2D eigenvalue weighted by Gasteiger charge is -2.17. The first-order chi connectivity index (χ1) is 19.5. The Morgan fingerprint density at radius 3 is 2.55 bits per heavy atom. The van der Waals surface area contributed by atoms with Crippen molar-refractivity contribution < 1.29 is 18.7 Å². The number of hydrogen-bond donors (Lipinski definition) is 1. The van der Waals surface area contributed by atoms with Crippen molar-refractivity contribution in [3.8, 4) is 11.5 Å². The number of carbonyl (C=O) groups excluding carboxylic acids is 1. The largest absolute Gasteiger partial charge is 0.493 e. The quantitative estimate of drug-likeness (QED) is 0.125. The molecular weight excluding hydrogens is 504 g/mol. The van der Waals surface area contributed by atoms with E-state index in [9.17, 15) is 9.59 Å². The molecule has 40 heavy (non-hydrogen) atoms. The molecule has 4 rings (SSSR count). The van der Waals surface area contributed by atoms with Crippen LogP contribution in [0.15, 0.2) is 75.9 Å². The van der Waals surface area contributed by atoms with Crippen molar-refractivity contribution in [1.29, 1.82) is 0 Å². The lowest BCUT2D eigenvalue weighted by molar-refractivity contribution is 0.200. The van der Waals surface area contributed by atoms with Crippen LogP contribution >= 0.6 is 0 Å². The molecule has 1 amide bonds. The van der Waals surface area contributed by atoms with E-state index in [4.69, 9.17) is 13.9 Å². The summed E-state index contributed by atoms with van der Waals surface area (Å²) in [4.78, 5) is 27.0. The monoisotopic (exact) mass is 544 g/mol. The molecule has 0 spiro atoms. The summed E-state index contributed by atoms with van der Waals surface area (Å²) in [6.45, 7) is 5.08. The Kier molecular flexibility index (Phi) is 11.0. The number of nitrogens with one attached hydrogen (secondary N) is 1. The molecule has 4 aromatic rings. The first-order valence-corrected chi connectivity index (χ1v) is 14.3. The van der Waals surface area contributed by atoms with Crippen molar-refractivity contribution >= 4 is 28.0 Å². The van der Waals surface area contributed by atoms with Crippen molar-refractivity contribution in [2.24, 2.45) is 0 Å². The van der Waals surface area contributed by atoms with Gasteiger partial charge in [0.15, 0.2) is 0 Å². The van der Waals surface area contributed by atoms with Crippen molar-refractivity contribution in [2.45, 2.75) is 58.4 Å². The van der Waals surface area contributed by atoms with Crippen molar-refractivity contribution in [2.75, 3.05) is 26.7 Å². The van der Waals surface area contributed by atoms with Crippen LogP contribution in [0.25, 0.3) is 21.9 Å². The van der Waals surface area contributed by atoms with Crippen LogP contribution in [0.4, 0.5) is 4.79 Å². The van der Waals surface area contributed by atoms with Gasteiger partial charge in [0.05, 0.1) is 17.4 Å². The van der Waals surface area contributed by atoms with E-state index >= 15 is 0 Å². The Labute approximate surface area is 236 Å². The highest BCUT2D eigenvalue weighted by Gasteiger charge is 2.09. The molecule has 0 bridgehead atoms. The van der Waals surface area contributed by atoms with Crippen LogP contribution in [0.1, 0.15) is 57.4 Å². The molecular formula is C33H40N2O5. The number of amides is 1. The molecule has 0 aliphatic rings. The molecule has 0 saturated heterocycles. The fraction of sp³-hybridized carbons (Fsp3) is 0.394. The lowest BCUT2D eigenvalue weighted by atomic mass is 10.1. The summed E-state index contributed by atoms with van der Waals surface area (Å²) < 4.78 is 17.3. The van der Waals surface area contributed by atoms with Gasteiger partial charge in [-0.3, -0.25) is 4.79 Å². The van der Waals surface area contributed by atoms with Gasteiger partial charge in [0.1, 0.15) is 22.7 Å². The number of benzene rings is 3. The van der Waals surface area contributed by atoms with Gasteiger partial charge < -0.3 is 24.1 Å². The van der Waals surface area contributed by atoms with Crippen LogP contribution in [0.2, 0.25) is 0 Å². The van der Waals surface area contributed by atoms with E-state index in [0.717, 1.165) is 44.3 Å². The minimum Gasteiger partial charge on any atom is -0.493 e. The summed E-state index contributed by atoms with van der Waals surface area (Å²) in [5.74, 6) is 1.25. The molecule has 7 nitrogen and oxygen atoms in total. The molecule has 1 aromatic heterocycles. The minimum absolute atomic E-state index is 0.0278. The second-order valence-corrected chi connectivity index (χ2v) is 10.3. The maximum atomic E-state index is 12.7. The second kappa shape index (κ2) is 15.1. The Balaban J connectivity index is 1.16. The number of unbranched alkanes of at least 4 members (excludes halogenated alkanes) is 5. The van der Waals surface area contributed by atoms with E-state index in [1.165, 1.54) is 19.3 Å². The summed E-state index contributed by atoms with van der Waals surface area (Å²) in [5.41, 5.74) is 2.18. The molecule has 1 heterocycles. The zero-order chi connectivity index (χ0) is 28.2. The van der Waals surface area contributed by atoms with E-state index in [0.29, 0.717) is 46.6 Å². The van der Waals surface area contributed by atoms with Crippen LogP contribution in [0.3, 0.4) is 0 Å². The van der Waals surface area contributed by atoms with Gasteiger partial charge in [-0.15, -0.1) is 0 Å². The molecule has 0 saturated carbocycles. The van der Waals surface area contributed by atoms with Gasteiger partial charge in [-0.2, -0.15) is 0 Å². The highest BCUT2D eigenvalue weighted by Crippen LogP contribution is 2.23. The summed E-state index contributed by atoms with van der Waals surface area (Å²) >= 11 is 0. The fourth-order valence-electron chi connectivity index (χ4n) is 4.71. The van der Waals surface area contributed by atoms with Gasteiger partial charge in [-0.1, -0.05) is 56.9 Å². The average molecular weight is 545 g/mol. The highest BCUT2D eigenvalue weighted by molar-refractivity contribution is 5.90. The van der Waals surface area contributed by atoms with E-state index < -0.39 is 6.09 Å². The van der Waals surface area contributed by atoms with Gasteiger partial charge in [0, 0.05) is 19.2 Å². The number of para-hydroxylation sites is 1. The van der Waals surface area contributed by atoms with Gasteiger partial charge in [-0.05, 0) is 74.8 Å². The third kappa shape index (κ3) is 8.58. The second-order valence-electron chi connectivity index (χ2n) is 10.3. The maximum Gasteiger partial charge on any atom is 0.412 e. The normalized spacial score (nSPS) is 11.3. The number of rotatable bonds is 15. The Bertz CT molecular complexity index is 1450. The molecule has 0 atom stereocenters. The predicted molar refractivity (Wildman–Crippen MR) is 160 cm³/mol. The lowest BCUT2D eigenvalue weighted by Crippen LogP contribution is -2.27. The molecule has 7 heteroatoms. The molecule has 0 aliphatic carbocycles. The van der Waals surface area contributed by atoms with Gasteiger partial charge in [0.25, 0.3) is 0 Å². The van der Waals surface area contributed by atoms with Crippen LogP contribution in [0, 0.1) is 0 Å². The number of ether oxygens (including phenoxy) is 2. The Morgan fingerprint density at radius 2 is 1.68 bits per heavy atom. The Hall–Kier alpha value is -3.84. The first kappa shape index (κ1) is 29.2. The van der Waals surface area contributed by atoms with Crippen molar-refractivity contribution in [1.82, 2.24) is 10.2 Å². The zero-order valence-corrected chi connectivity index (χ0v) is 23.6.